The first-order chi connectivity index (χ1) is 20.5. The molecular formula is C27H38O17. The highest BCUT2D eigenvalue weighted by molar-refractivity contribution is 5.69. The van der Waals surface area contributed by atoms with Gasteiger partial charge in [0.05, 0.1) is 0 Å². The lowest BCUT2D eigenvalue weighted by Gasteiger charge is -2.48. The summed E-state index contributed by atoms with van der Waals surface area (Å²) in [5.74, 6) is -6.26. The monoisotopic (exact) mass is 634 g/mol. The fraction of sp³-hybridized carbons (Fsp3) is 0.741. The summed E-state index contributed by atoms with van der Waals surface area (Å²) < 4.78 is 55.2. The number of esters is 7. The van der Waals surface area contributed by atoms with Crippen LogP contribution in [0, 0.1) is 5.92 Å². The van der Waals surface area contributed by atoms with Crippen molar-refractivity contribution in [2.45, 2.75) is 111 Å². The molecule has 0 amide bonds. The first kappa shape index (κ1) is 36.4. The molecule has 10 atom stereocenters. The molecule has 0 aliphatic carbocycles. The van der Waals surface area contributed by atoms with E-state index < -0.39 is 110 Å². The van der Waals surface area contributed by atoms with Crippen molar-refractivity contribution in [3.05, 3.63) is 0 Å². The molecule has 2 heterocycles. The van der Waals surface area contributed by atoms with Crippen LogP contribution in [0.3, 0.4) is 0 Å². The third kappa shape index (κ3) is 10.7. The van der Waals surface area contributed by atoms with Crippen molar-refractivity contribution in [2.24, 2.45) is 5.92 Å². The standard InChI is InChI=1S/C27H38O17/c1-11-19(9-35-12(2)28)42-26(41-18(8)34)24(21(11)37-14(4)30)44-27-25(40-17(7)33)23(39-16(6)32)22(38-15(5)31)20(43-27)10-36-13(3)29/h11,19-27H,9-10H2,1-8H3/t11-,19+,20-,21+,22-,23+,24+,25+,26?,27-/m1/s1. The highest BCUT2D eigenvalue weighted by atomic mass is 16.8. The number of carbonyl (C=O) groups excluding carboxylic acids is 7. The van der Waals surface area contributed by atoms with Gasteiger partial charge in [0.2, 0.25) is 6.29 Å². The quantitative estimate of drug-likeness (QED) is 0.214. The average molecular weight is 635 g/mol. The van der Waals surface area contributed by atoms with Crippen molar-refractivity contribution in [3.8, 4) is 0 Å². The minimum absolute atomic E-state index is 0.294. The average Bonchev–Trinajstić information content (AvgIpc) is 2.87. The Morgan fingerprint density at radius 2 is 0.864 bits per heavy atom. The molecular weight excluding hydrogens is 596 g/mol. The molecule has 0 aromatic rings. The number of hydrogen-bond donors (Lipinski definition) is 0. The molecule has 2 fully saturated rings. The van der Waals surface area contributed by atoms with Gasteiger partial charge in [0.15, 0.2) is 30.7 Å². The third-order valence-electron chi connectivity index (χ3n) is 6.28. The Morgan fingerprint density at radius 3 is 1.34 bits per heavy atom. The molecule has 2 aliphatic rings. The normalized spacial score (nSPS) is 31.5. The number of rotatable bonds is 11. The Labute approximate surface area is 252 Å². The molecule has 0 N–H and O–H groups in total. The van der Waals surface area contributed by atoms with E-state index in [0.717, 1.165) is 41.5 Å². The SMILES string of the molecule is CC(=O)OC[C@@H]1OC(OC(C)=O)[C@@H](O[C@H]2O[C@H](COC(C)=O)[C@@H](OC(C)=O)[C@H](OC(C)=O)[C@@H]2OC(C)=O)[C@@H](OC(C)=O)[C@@H]1C. The molecule has 17 nitrogen and oxygen atoms in total. The van der Waals surface area contributed by atoms with Crippen molar-refractivity contribution in [1.82, 2.24) is 0 Å². The van der Waals surface area contributed by atoms with E-state index in [4.69, 9.17) is 47.4 Å². The van der Waals surface area contributed by atoms with Crippen LogP contribution in [-0.4, -0.2) is 110 Å². The molecule has 0 saturated carbocycles. The Balaban J connectivity index is 2.61. The lowest BCUT2D eigenvalue weighted by Crippen LogP contribution is -2.66. The van der Waals surface area contributed by atoms with Crippen LogP contribution in [0.15, 0.2) is 0 Å². The lowest BCUT2D eigenvalue weighted by atomic mass is 9.90. The van der Waals surface area contributed by atoms with Crippen LogP contribution >= 0.6 is 0 Å². The Morgan fingerprint density at radius 1 is 0.455 bits per heavy atom. The molecule has 1 unspecified atom stereocenters. The van der Waals surface area contributed by atoms with E-state index in [2.05, 4.69) is 0 Å². The van der Waals surface area contributed by atoms with E-state index in [1.54, 1.807) is 6.92 Å². The molecule has 17 heteroatoms. The van der Waals surface area contributed by atoms with Gasteiger partial charge >= 0.3 is 41.8 Å². The predicted octanol–water partition coefficient (Wildman–Crippen LogP) is -0.126. The zero-order chi connectivity index (χ0) is 33.3. The lowest BCUT2D eigenvalue weighted by molar-refractivity contribution is -0.359. The summed E-state index contributed by atoms with van der Waals surface area (Å²) in [5.41, 5.74) is 0. The van der Waals surface area contributed by atoms with E-state index >= 15 is 0 Å². The topological polar surface area (TPSA) is 212 Å². The summed E-state index contributed by atoms with van der Waals surface area (Å²) in [4.78, 5) is 83.6. The summed E-state index contributed by atoms with van der Waals surface area (Å²) in [6.45, 7) is 8.42. The zero-order valence-electron chi connectivity index (χ0n) is 25.6. The summed E-state index contributed by atoms with van der Waals surface area (Å²) in [6, 6.07) is 0. The second-order valence-corrected chi connectivity index (χ2v) is 10.1. The Bertz CT molecular complexity index is 1090. The van der Waals surface area contributed by atoms with Crippen LogP contribution in [-0.2, 0) is 80.9 Å². The van der Waals surface area contributed by atoms with E-state index in [1.165, 1.54) is 6.92 Å². The van der Waals surface area contributed by atoms with Crippen molar-refractivity contribution in [2.75, 3.05) is 13.2 Å². The predicted molar refractivity (Wildman–Crippen MR) is 139 cm³/mol. The highest BCUT2D eigenvalue weighted by Gasteiger charge is 2.56. The van der Waals surface area contributed by atoms with Gasteiger partial charge in [0, 0.05) is 54.4 Å². The molecule has 2 aliphatic heterocycles. The van der Waals surface area contributed by atoms with E-state index in [1.807, 2.05) is 0 Å². The van der Waals surface area contributed by atoms with Crippen molar-refractivity contribution in [1.29, 1.82) is 0 Å². The molecule has 0 spiro atoms. The molecule has 2 saturated heterocycles. The number of hydrogen-bond acceptors (Lipinski definition) is 17. The Hall–Kier alpha value is -3.83. The second kappa shape index (κ2) is 16.3. The van der Waals surface area contributed by atoms with Gasteiger partial charge in [-0.25, -0.2) is 0 Å². The van der Waals surface area contributed by atoms with Gasteiger partial charge in [-0.3, -0.25) is 33.6 Å². The van der Waals surface area contributed by atoms with Crippen LogP contribution in [0.1, 0.15) is 55.4 Å². The van der Waals surface area contributed by atoms with Crippen LogP contribution < -0.4 is 0 Å². The van der Waals surface area contributed by atoms with Crippen molar-refractivity contribution >= 4 is 41.8 Å². The van der Waals surface area contributed by atoms with Crippen molar-refractivity contribution < 1.29 is 80.9 Å². The van der Waals surface area contributed by atoms with Gasteiger partial charge in [-0.2, -0.15) is 0 Å². The second-order valence-electron chi connectivity index (χ2n) is 10.1. The van der Waals surface area contributed by atoms with E-state index in [9.17, 15) is 33.6 Å². The highest BCUT2D eigenvalue weighted by Crippen LogP contribution is 2.36. The van der Waals surface area contributed by atoms with Crippen LogP contribution in [0.2, 0.25) is 0 Å². The molecule has 44 heavy (non-hydrogen) atoms. The summed E-state index contributed by atoms with van der Waals surface area (Å²) in [5, 5.41) is 0. The van der Waals surface area contributed by atoms with Crippen molar-refractivity contribution in [3.63, 3.8) is 0 Å². The van der Waals surface area contributed by atoms with Gasteiger partial charge in [-0.1, -0.05) is 6.92 Å². The molecule has 2 rings (SSSR count). The summed E-state index contributed by atoms with van der Waals surface area (Å²) in [6.07, 6.45) is -13.0. The maximum atomic E-state index is 12.2. The molecule has 0 radical (unpaired) electrons. The summed E-state index contributed by atoms with van der Waals surface area (Å²) >= 11 is 0. The molecule has 0 bridgehead atoms. The minimum Gasteiger partial charge on any atom is -0.463 e. The van der Waals surface area contributed by atoms with Gasteiger partial charge < -0.3 is 47.4 Å². The van der Waals surface area contributed by atoms with Gasteiger partial charge in [-0.15, -0.1) is 0 Å². The fourth-order valence-electron chi connectivity index (χ4n) is 4.65. The minimum atomic E-state index is -1.71. The smallest absolute Gasteiger partial charge is 0.305 e. The number of carbonyl (C=O) groups is 7. The Kier molecular flexibility index (Phi) is 13.5. The van der Waals surface area contributed by atoms with E-state index in [0.29, 0.717) is 0 Å². The maximum Gasteiger partial charge on any atom is 0.305 e. The van der Waals surface area contributed by atoms with Crippen LogP contribution in [0.4, 0.5) is 0 Å². The summed E-state index contributed by atoms with van der Waals surface area (Å²) in [7, 11) is 0. The van der Waals surface area contributed by atoms with Gasteiger partial charge in [0.1, 0.15) is 31.5 Å². The third-order valence-corrected chi connectivity index (χ3v) is 6.28. The van der Waals surface area contributed by atoms with Crippen LogP contribution in [0.25, 0.3) is 0 Å². The molecule has 0 aromatic heterocycles. The first-order valence-corrected chi connectivity index (χ1v) is 13.6. The maximum absolute atomic E-state index is 12.2. The molecule has 248 valence electrons. The fourth-order valence-corrected chi connectivity index (χ4v) is 4.65. The van der Waals surface area contributed by atoms with Crippen LogP contribution in [0.5, 0.6) is 0 Å². The largest absolute Gasteiger partial charge is 0.463 e. The van der Waals surface area contributed by atoms with E-state index in [-0.39, 0.29) is 6.61 Å². The molecule has 0 aromatic carbocycles. The van der Waals surface area contributed by atoms with Gasteiger partial charge in [0.25, 0.3) is 0 Å². The first-order valence-electron chi connectivity index (χ1n) is 13.6. The number of ether oxygens (including phenoxy) is 10. The zero-order valence-corrected chi connectivity index (χ0v) is 25.6. The van der Waals surface area contributed by atoms with Gasteiger partial charge in [-0.05, 0) is 0 Å².